The minimum absolute atomic E-state index is 0.0620. The van der Waals surface area contributed by atoms with E-state index in [0.29, 0.717) is 6.54 Å². The highest BCUT2D eigenvalue weighted by Gasteiger charge is 2.09. The summed E-state index contributed by atoms with van der Waals surface area (Å²) in [5.74, 6) is -0.919. The zero-order chi connectivity index (χ0) is 14.3. The van der Waals surface area contributed by atoms with E-state index in [1.54, 1.807) is 13.2 Å². The average Bonchev–Trinajstić information content (AvgIpc) is 2.42. The highest BCUT2D eigenvalue weighted by Crippen LogP contribution is 2.02. The predicted molar refractivity (Wildman–Crippen MR) is 70.7 cm³/mol. The Morgan fingerprint density at radius 2 is 2.21 bits per heavy atom. The molecule has 6 nitrogen and oxygen atoms in total. The first kappa shape index (κ1) is 14.9. The van der Waals surface area contributed by atoms with Gasteiger partial charge in [0.05, 0.1) is 18.7 Å². The van der Waals surface area contributed by atoms with Crippen LogP contribution in [-0.4, -0.2) is 40.6 Å². The molecular formula is C13H19N3O3. The Hall–Kier alpha value is -2.11. The van der Waals surface area contributed by atoms with Crippen LogP contribution in [0.15, 0.2) is 18.3 Å². The Balaban J connectivity index is 2.42. The van der Waals surface area contributed by atoms with Crippen molar-refractivity contribution in [3.8, 4) is 0 Å². The van der Waals surface area contributed by atoms with Crippen molar-refractivity contribution in [2.24, 2.45) is 0 Å². The molecule has 19 heavy (non-hydrogen) atoms. The van der Waals surface area contributed by atoms with E-state index in [-0.39, 0.29) is 19.0 Å². The lowest BCUT2D eigenvalue weighted by Crippen LogP contribution is -2.38. The summed E-state index contributed by atoms with van der Waals surface area (Å²) in [6.45, 7) is 2.57. The minimum atomic E-state index is -0.919. The molecule has 0 fully saturated rings. The van der Waals surface area contributed by atoms with Gasteiger partial charge >= 0.3 is 12.0 Å². The summed E-state index contributed by atoms with van der Waals surface area (Å²) in [6.07, 6.45) is 2.57. The van der Waals surface area contributed by atoms with Crippen LogP contribution in [0.5, 0.6) is 0 Å². The fourth-order valence-corrected chi connectivity index (χ4v) is 1.51. The topological polar surface area (TPSA) is 82.5 Å². The molecule has 0 unspecified atom stereocenters. The van der Waals surface area contributed by atoms with Crippen molar-refractivity contribution >= 4 is 12.0 Å². The number of urea groups is 1. The molecule has 104 valence electrons. The fourth-order valence-electron chi connectivity index (χ4n) is 1.51. The molecule has 0 atom stereocenters. The van der Waals surface area contributed by atoms with Gasteiger partial charge in [-0.15, -0.1) is 0 Å². The number of carboxylic acid groups (broad SMARTS) is 1. The van der Waals surface area contributed by atoms with Gasteiger partial charge in [-0.3, -0.25) is 9.78 Å². The number of aryl methyl sites for hydroxylation is 1. The highest BCUT2D eigenvalue weighted by atomic mass is 16.4. The molecule has 1 aromatic rings. The van der Waals surface area contributed by atoms with Gasteiger partial charge in [0.25, 0.3) is 0 Å². The number of nitrogens with one attached hydrogen (secondary N) is 1. The summed E-state index contributed by atoms with van der Waals surface area (Å²) in [6, 6.07) is 3.58. The zero-order valence-corrected chi connectivity index (χ0v) is 11.2. The third kappa shape index (κ3) is 5.37. The van der Waals surface area contributed by atoms with Gasteiger partial charge in [0, 0.05) is 19.8 Å². The maximum absolute atomic E-state index is 11.7. The number of aromatic nitrogens is 1. The molecule has 0 bridgehead atoms. The van der Waals surface area contributed by atoms with Crippen LogP contribution in [0.1, 0.15) is 24.6 Å². The Labute approximate surface area is 112 Å². The molecule has 0 spiro atoms. The van der Waals surface area contributed by atoms with Gasteiger partial charge in [-0.2, -0.15) is 0 Å². The molecule has 0 aliphatic rings. The van der Waals surface area contributed by atoms with Crippen molar-refractivity contribution in [2.45, 2.75) is 26.3 Å². The number of nitrogens with zero attached hydrogens (tertiary/aromatic N) is 2. The van der Waals surface area contributed by atoms with Crippen LogP contribution >= 0.6 is 0 Å². The summed E-state index contributed by atoms with van der Waals surface area (Å²) in [5.41, 5.74) is 1.96. The van der Waals surface area contributed by atoms with Crippen LogP contribution in [0, 0.1) is 0 Å². The normalized spacial score (nSPS) is 10.0. The first-order valence-electron chi connectivity index (χ1n) is 6.17. The van der Waals surface area contributed by atoms with Crippen molar-refractivity contribution in [2.75, 3.05) is 13.6 Å². The van der Waals surface area contributed by atoms with E-state index < -0.39 is 5.97 Å². The lowest BCUT2D eigenvalue weighted by Gasteiger charge is -2.16. The Bertz CT molecular complexity index is 449. The van der Waals surface area contributed by atoms with Crippen LogP contribution in [0.3, 0.4) is 0 Å². The highest BCUT2D eigenvalue weighted by molar-refractivity contribution is 5.74. The summed E-state index contributed by atoms with van der Waals surface area (Å²) in [4.78, 5) is 27.6. The van der Waals surface area contributed by atoms with Gasteiger partial charge in [0.1, 0.15) is 0 Å². The number of carboxylic acids is 1. The monoisotopic (exact) mass is 265 g/mol. The van der Waals surface area contributed by atoms with E-state index in [9.17, 15) is 9.59 Å². The molecule has 0 aliphatic carbocycles. The molecule has 1 heterocycles. The second kappa shape index (κ2) is 7.35. The third-order valence-electron chi connectivity index (χ3n) is 2.72. The summed E-state index contributed by atoms with van der Waals surface area (Å²) >= 11 is 0. The van der Waals surface area contributed by atoms with E-state index in [2.05, 4.69) is 17.2 Å². The number of amides is 2. The molecule has 0 aromatic carbocycles. The van der Waals surface area contributed by atoms with Crippen LogP contribution in [0.2, 0.25) is 0 Å². The Morgan fingerprint density at radius 1 is 1.47 bits per heavy atom. The SMILES string of the molecule is CCc1ccnc(CNC(=O)N(C)CCC(=O)O)c1. The lowest BCUT2D eigenvalue weighted by atomic mass is 10.2. The molecule has 2 N–H and O–H groups in total. The number of rotatable bonds is 6. The van der Waals surface area contributed by atoms with Gasteiger partial charge in [-0.1, -0.05) is 6.92 Å². The molecule has 2 amide bonds. The van der Waals surface area contributed by atoms with Crippen LogP contribution < -0.4 is 5.32 Å². The smallest absolute Gasteiger partial charge is 0.317 e. The first-order chi connectivity index (χ1) is 9.02. The minimum Gasteiger partial charge on any atom is -0.481 e. The third-order valence-corrected chi connectivity index (χ3v) is 2.72. The van der Waals surface area contributed by atoms with Gasteiger partial charge in [0.15, 0.2) is 0 Å². The number of carbonyl (C=O) groups is 2. The molecule has 6 heteroatoms. The molecule has 0 aliphatic heterocycles. The number of hydrogen-bond acceptors (Lipinski definition) is 3. The van der Waals surface area contributed by atoms with Crippen LogP contribution in [0.25, 0.3) is 0 Å². The lowest BCUT2D eigenvalue weighted by molar-refractivity contribution is -0.137. The number of carbonyl (C=O) groups excluding carboxylic acids is 1. The zero-order valence-electron chi connectivity index (χ0n) is 11.2. The van der Waals surface area contributed by atoms with Crippen molar-refractivity contribution in [3.63, 3.8) is 0 Å². The van der Waals surface area contributed by atoms with Gasteiger partial charge in [-0.05, 0) is 24.1 Å². The molecule has 1 rings (SSSR count). The van der Waals surface area contributed by atoms with E-state index in [1.165, 1.54) is 10.5 Å². The van der Waals surface area contributed by atoms with Gasteiger partial charge < -0.3 is 15.3 Å². The van der Waals surface area contributed by atoms with E-state index in [1.807, 2.05) is 12.1 Å². The fraction of sp³-hybridized carbons (Fsp3) is 0.462. The largest absolute Gasteiger partial charge is 0.481 e. The van der Waals surface area contributed by atoms with Crippen molar-refractivity contribution in [3.05, 3.63) is 29.6 Å². The first-order valence-corrected chi connectivity index (χ1v) is 6.17. The standard InChI is InChI=1S/C13H19N3O3/c1-3-10-4-6-14-11(8-10)9-15-13(19)16(2)7-5-12(17)18/h4,6,8H,3,5,7,9H2,1-2H3,(H,15,19)(H,17,18). The molecule has 0 saturated carbocycles. The Morgan fingerprint density at radius 3 is 2.84 bits per heavy atom. The maximum atomic E-state index is 11.7. The number of hydrogen-bond donors (Lipinski definition) is 2. The van der Waals surface area contributed by atoms with Crippen LogP contribution in [-0.2, 0) is 17.8 Å². The number of pyridine rings is 1. The number of aliphatic carboxylic acids is 1. The second-order valence-electron chi connectivity index (χ2n) is 4.23. The maximum Gasteiger partial charge on any atom is 0.317 e. The van der Waals surface area contributed by atoms with E-state index >= 15 is 0 Å². The van der Waals surface area contributed by atoms with Gasteiger partial charge in [0.2, 0.25) is 0 Å². The van der Waals surface area contributed by atoms with Crippen molar-refractivity contribution < 1.29 is 14.7 Å². The molecule has 0 radical (unpaired) electrons. The average molecular weight is 265 g/mol. The quantitative estimate of drug-likeness (QED) is 0.811. The molecule has 1 aromatic heterocycles. The second-order valence-corrected chi connectivity index (χ2v) is 4.23. The van der Waals surface area contributed by atoms with Crippen LogP contribution in [0.4, 0.5) is 4.79 Å². The van der Waals surface area contributed by atoms with E-state index in [0.717, 1.165) is 12.1 Å². The molecule has 0 saturated heterocycles. The Kier molecular flexibility index (Phi) is 5.78. The summed E-state index contributed by atoms with van der Waals surface area (Å²) < 4.78 is 0. The van der Waals surface area contributed by atoms with Gasteiger partial charge in [-0.25, -0.2) is 4.79 Å². The predicted octanol–water partition coefficient (Wildman–Crippen LogP) is 1.26. The van der Waals surface area contributed by atoms with Crippen molar-refractivity contribution in [1.82, 2.24) is 15.2 Å². The van der Waals surface area contributed by atoms with E-state index in [4.69, 9.17) is 5.11 Å². The summed E-state index contributed by atoms with van der Waals surface area (Å²) in [7, 11) is 1.56. The van der Waals surface area contributed by atoms with Crippen molar-refractivity contribution in [1.29, 1.82) is 0 Å². The molecular weight excluding hydrogens is 246 g/mol. The summed E-state index contributed by atoms with van der Waals surface area (Å²) in [5, 5.41) is 11.2.